The van der Waals surface area contributed by atoms with Crippen molar-refractivity contribution < 1.29 is 19.4 Å². The van der Waals surface area contributed by atoms with Crippen molar-refractivity contribution in [3.8, 4) is 5.75 Å². The number of hydrogen-bond donors (Lipinski definition) is 1. The van der Waals surface area contributed by atoms with Gasteiger partial charge in [0.25, 0.3) is 0 Å². The zero-order chi connectivity index (χ0) is 18.5. The second-order valence-electron chi connectivity index (χ2n) is 6.43. The predicted octanol–water partition coefficient (Wildman–Crippen LogP) is 3.28. The Balaban J connectivity index is 1.48. The van der Waals surface area contributed by atoms with Crippen LogP contribution in [0.5, 0.6) is 5.75 Å². The van der Waals surface area contributed by atoms with Gasteiger partial charge >= 0.3 is 5.97 Å². The lowest BCUT2D eigenvalue weighted by atomic mass is 10.0. The Morgan fingerprint density at radius 2 is 2.12 bits per heavy atom. The van der Waals surface area contributed by atoms with Crippen molar-refractivity contribution in [1.29, 1.82) is 0 Å². The topological polar surface area (TPSA) is 59.0 Å². The summed E-state index contributed by atoms with van der Waals surface area (Å²) >= 11 is 1.82. The minimum Gasteiger partial charge on any atom is -0.491 e. The van der Waals surface area contributed by atoms with Crippen LogP contribution in [0.3, 0.4) is 0 Å². The molecule has 2 atom stereocenters. The summed E-state index contributed by atoms with van der Waals surface area (Å²) in [7, 11) is 0. The van der Waals surface area contributed by atoms with Crippen LogP contribution in [0.2, 0.25) is 0 Å². The lowest BCUT2D eigenvalue weighted by Crippen LogP contribution is -2.40. The third-order valence-electron chi connectivity index (χ3n) is 4.66. The molecule has 140 valence electrons. The standard InChI is InChI=1S/C20H25NO4S/c1-3-24-20(23)15-4-6-17(7-5-15)25-13-16(22)12-21-10-8-19-18(14(21)2)9-11-26-19/h4-7,9,11,14,16,22H,3,8,10,12-13H2,1-2H3/t14-,16+/m1/s1. The number of thiophene rings is 1. The number of esters is 1. The summed E-state index contributed by atoms with van der Waals surface area (Å²) in [4.78, 5) is 15.4. The van der Waals surface area contributed by atoms with Gasteiger partial charge in [-0.3, -0.25) is 4.90 Å². The monoisotopic (exact) mass is 375 g/mol. The van der Waals surface area contributed by atoms with Crippen LogP contribution in [-0.4, -0.2) is 48.4 Å². The first kappa shape index (κ1) is 18.9. The summed E-state index contributed by atoms with van der Waals surface area (Å²) < 4.78 is 10.6. The maximum atomic E-state index is 11.6. The van der Waals surface area contributed by atoms with Gasteiger partial charge in [-0.25, -0.2) is 4.79 Å². The van der Waals surface area contributed by atoms with Gasteiger partial charge < -0.3 is 14.6 Å². The SMILES string of the molecule is CCOC(=O)c1ccc(OC[C@@H](O)CN2CCc3sccc3[C@H]2C)cc1. The number of benzene rings is 1. The first-order valence-corrected chi connectivity index (χ1v) is 9.84. The van der Waals surface area contributed by atoms with Crippen LogP contribution in [0.1, 0.15) is 40.7 Å². The zero-order valence-corrected chi connectivity index (χ0v) is 16.0. The van der Waals surface area contributed by atoms with E-state index >= 15 is 0 Å². The summed E-state index contributed by atoms with van der Waals surface area (Å²) in [5.41, 5.74) is 1.87. The third-order valence-corrected chi connectivity index (χ3v) is 5.65. The molecule has 2 aromatic rings. The van der Waals surface area contributed by atoms with E-state index in [9.17, 15) is 9.90 Å². The molecule has 0 radical (unpaired) electrons. The van der Waals surface area contributed by atoms with Crippen LogP contribution in [0.25, 0.3) is 0 Å². The fourth-order valence-corrected chi connectivity index (χ4v) is 4.19. The quantitative estimate of drug-likeness (QED) is 0.753. The van der Waals surface area contributed by atoms with Crippen molar-refractivity contribution in [3.63, 3.8) is 0 Å². The van der Waals surface area contributed by atoms with E-state index in [1.165, 1.54) is 10.4 Å². The molecular weight excluding hydrogens is 350 g/mol. The van der Waals surface area contributed by atoms with E-state index in [-0.39, 0.29) is 12.6 Å². The fourth-order valence-electron chi connectivity index (χ4n) is 3.23. The third kappa shape index (κ3) is 4.44. The van der Waals surface area contributed by atoms with E-state index in [0.29, 0.717) is 30.5 Å². The van der Waals surface area contributed by atoms with Gasteiger partial charge in [-0.1, -0.05) is 0 Å². The summed E-state index contributed by atoms with van der Waals surface area (Å²) in [6.07, 6.45) is 0.475. The lowest BCUT2D eigenvalue weighted by Gasteiger charge is -2.34. The van der Waals surface area contributed by atoms with Gasteiger partial charge in [0, 0.05) is 24.0 Å². The molecule has 2 heterocycles. The molecule has 0 unspecified atom stereocenters. The van der Waals surface area contributed by atoms with E-state index in [2.05, 4.69) is 23.3 Å². The number of aliphatic hydroxyl groups excluding tert-OH is 1. The van der Waals surface area contributed by atoms with Crippen LogP contribution < -0.4 is 4.74 Å². The molecule has 1 aromatic carbocycles. The summed E-state index contributed by atoms with van der Waals surface area (Å²) in [6.45, 7) is 6.08. The van der Waals surface area contributed by atoms with E-state index in [0.717, 1.165) is 13.0 Å². The average molecular weight is 375 g/mol. The van der Waals surface area contributed by atoms with E-state index in [1.54, 1.807) is 31.2 Å². The van der Waals surface area contributed by atoms with Crippen molar-refractivity contribution in [2.45, 2.75) is 32.4 Å². The first-order chi connectivity index (χ1) is 12.6. The van der Waals surface area contributed by atoms with Gasteiger partial charge in [0.15, 0.2) is 0 Å². The maximum Gasteiger partial charge on any atom is 0.338 e. The lowest BCUT2D eigenvalue weighted by molar-refractivity contribution is 0.0514. The molecule has 26 heavy (non-hydrogen) atoms. The second-order valence-corrected chi connectivity index (χ2v) is 7.43. The van der Waals surface area contributed by atoms with E-state index in [1.807, 2.05) is 11.3 Å². The minimum atomic E-state index is -0.567. The number of nitrogens with zero attached hydrogens (tertiary/aromatic N) is 1. The maximum absolute atomic E-state index is 11.6. The van der Waals surface area contributed by atoms with Gasteiger partial charge in [-0.15, -0.1) is 11.3 Å². The molecular formula is C20H25NO4S. The predicted molar refractivity (Wildman–Crippen MR) is 102 cm³/mol. The second kappa shape index (κ2) is 8.66. The van der Waals surface area contributed by atoms with Crippen LogP contribution in [0.4, 0.5) is 0 Å². The van der Waals surface area contributed by atoms with Crippen molar-refractivity contribution in [3.05, 3.63) is 51.7 Å². The Labute approximate surface area is 158 Å². The molecule has 3 rings (SSSR count). The molecule has 1 aliphatic heterocycles. The highest BCUT2D eigenvalue weighted by Gasteiger charge is 2.26. The number of β-amino-alcohol motifs (C(OH)–C–C–N with tert-alkyl or cyclic N) is 1. The molecule has 0 aliphatic carbocycles. The van der Waals surface area contributed by atoms with Crippen molar-refractivity contribution in [2.24, 2.45) is 0 Å². The number of hydrogen-bond acceptors (Lipinski definition) is 6. The summed E-state index contributed by atoms with van der Waals surface area (Å²) in [5.74, 6) is 0.287. The molecule has 0 spiro atoms. The first-order valence-electron chi connectivity index (χ1n) is 8.96. The Hall–Kier alpha value is -1.89. The van der Waals surface area contributed by atoms with Gasteiger partial charge in [0.2, 0.25) is 0 Å². The van der Waals surface area contributed by atoms with Gasteiger partial charge in [-0.2, -0.15) is 0 Å². The summed E-state index contributed by atoms with van der Waals surface area (Å²) in [6, 6.07) is 9.30. The van der Waals surface area contributed by atoms with Gasteiger partial charge in [0.1, 0.15) is 18.5 Å². The molecule has 0 amide bonds. The highest BCUT2D eigenvalue weighted by molar-refractivity contribution is 7.10. The van der Waals surface area contributed by atoms with Crippen LogP contribution >= 0.6 is 11.3 Å². The molecule has 6 heteroatoms. The number of carbonyl (C=O) groups excluding carboxylic acids is 1. The van der Waals surface area contributed by atoms with Crippen LogP contribution in [0.15, 0.2) is 35.7 Å². The molecule has 0 saturated carbocycles. The largest absolute Gasteiger partial charge is 0.491 e. The molecule has 1 N–H and O–H groups in total. The van der Waals surface area contributed by atoms with Crippen LogP contribution in [0, 0.1) is 0 Å². The van der Waals surface area contributed by atoms with Crippen LogP contribution in [-0.2, 0) is 11.2 Å². The molecule has 1 aromatic heterocycles. The van der Waals surface area contributed by atoms with Gasteiger partial charge in [-0.05, 0) is 61.5 Å². The Bertz CT molecular complexity index is 728. The Morgan fingerprint density at radius 3 is 2.85 bits per heavy atom. The molecule has 1 aliphatic rings. The smallest absolute Gasteiger partial charge is 0.338 e. The highest BCUT2D eigenvalue weighted by atomic mass is 32.1. The Kier molecular flexibility index (Phi) is 6.29. The molecule has 0 bridgehead atoms. The average Bonchev–Trinajstić information content (AvgIpc) is 3.12. The summed E-state index contributed by atoms with van der Waals surface area (Å²) in [5, 5.41) is 12.5. The van der Waals surface area contributed by atoms with Gasteiger partial charge in [0.05, 0.1) is 12.2 Å². The van der Waals surface area contributed by atoms with E-state index in [4.69, 9.17) is 9.47 Å². The molecule has 5 nitrogen and oxygen atoms in total. The molecule has 0 saturated heterocycles. The van der Waals surface area contributed by atoms with Crippen molar-refractivity contribution in [1.82, 2.24) is 4.90 Å². The fraction of sp³-hybridized carbons (Fsp3) is 0.450. The number of ether oxygens (including phenoxy) is 2. The normalized spacial score (nSPS) is 18.2. The number of fused-ring (bicyclic) bond motifs is 1. The van der Waals surface area contributed by atoms with Crippen molar-refractivity contribution in [2.75, 3.05) is 26.3 Å². The number of aliphatic hydroxyl groups is 1. The minimum absolute atomic E-state index is 0.221. The number of rotatable bonds is 7. The number of carbonyl (C=O) groups is 1. The molecule has 0 fully saturated rings. The zero-order valence-electron chi connectivity index (χ0n) is 15.2. The highest BCUT2D eigenvalue weighted by Crippen LogP contribution is 2.32. The van der Waals surface area contributed by atoms with Crippen molar-refractivity contribution >= 4 is 17.3 Å². The Morgan fingerprint density at radius 1 is 1.35 bits per heavy atom. The van der Waals surface area contributed by atoms with E-state index < -0.39 is 6.10 Å².